The molecule has 0 fully saturated rings. The molecule has 0 unspecified atom stereocenters. The van der Waals surface area contributed by atoms with E-state index in [4.69, 9.17) is 0 Å². The average molecular weight is 649 g/mol. The van der Waals surface area contributed by atoms with Gasteiger partial charge in [0.2, 0.25) is 0 Å². The van der Waals surface area contributed by atoms with Crippen LogP contribution in [0.5, 0.6) is 0 Å². The smallest absolute Gasteiger partial charge is 0.0562 e. The van der Waals surface area contributed by atoms with Crippen LogP contribution in [-0.2, 0) is 6.42 Å². The summed E-state index contributed by atoms with van der Waals surface area (Å²) in [5, 5.41) is 12.6. The summed E-state index contributed by atoms with van der Waals surface area (Å²) in [6.07, 6.45) is 0.919. The summed E-state index contributed by atoms with van der Waals surface area (Å²) in [4.78, 5) is 0. The summed E-state index contributed by atoms with van der Waals surface area (Å²) in [5.41, 5.74) is 9.89. The molecule has 0 saturated heterocycles. The maximum Gasteiger partial charge on any atom is 0.0562 e. The number of aromatic nitrogens is 2. The molecule has 0 aliphatic rings. The zero-order chi connectivity index (χ0) is 33.5. The van der Waals surface area contributed by atoms with E-state index in [1.54, 1.807) is 0 Å². The minimum absolute atomic E-state index is 0.919. The Morgan fingerprint density at radius 3 is 1.63 bits per heavy atom. The van der Waals surface area contributed by atoms with Gasteiger partial charge in [0, 0.05) is 32.3 Å². The zero-order valence-corrected chi connectivity index (χ0v) is 27.9. The lowest BCUT2D eigenvalue weighted by Gasteiger charge is -2.14. The molecule has 2 nitrogen and oxygen atoms in total. The summed E-state index contributed by atoms with van der Waals surface area (Å²) in [5.74, 6) is 0. The van der Waals surface area contributed by atoms with E-state index in [1.165, 1.54) is 98.4 Å². The molecule has 0 radical (unpaired) electrons. The molecule has 238 valence electrons. The van der Waals surface area contributed by atoms with Crippen LogP contribution in [0.1, 0.15) is 11.1 Å². The molecule has 0 aliphatic heterocycles. The van der Waals surface area contributed by atoms with Gasteiger partial charge in [-0.05, 0) is 81.6 Å². The van der Waals surface area contributed by atoms with Gasteiger partial charge in [-0.2, -0.15) is 0 Å². The van der Waals surface area contributed by atoms with Gasteiger partial charge in [0.25, 0.3) is 0 Å². The highest BCUT2D eigenvalue weighted by molar-refractivity contribution is 6.21. The van der Waals surface area contributed by atoms with Gasteiger partial charge < -0.3 is 9.13 Å². The van der Waals surface area contributed by atoms with Crippen LogP contribution < -0.4 is 0 Å². The lowest BCUT2D eigenvalue weighted by molar-refractivity contribution is 1.18. The van der Waals surface area contributed by atoms with E-state index in [9.17, 15) is 0 Å². The van der Waals surface area contributed by atoms with Crippen LogP contribution in [0, 0.1) is 0 Å². The van der Waals surface area contributed by atoms with Crippen LogP contribution in [0.3, 0.4) is 0 Å². The van der Waals surface area contributed by atoms with Crippen LogP contribution >= 0.6 is 0 Å². The van der Waals surface area contributed by atoms with Gasteiger partial charge in [-0.1, -0.05) is 140 Å². The highest BCUT2D eigenvalue weighted by Gasteiger charge is 2.20. The average Bonchev–Trinajstić information content (AvgIpc) is 3.67. The van der Waals surface area contributed by atoms with E-state index >= 15 is 0 Å². The minimum Gasteiger partial charge on any atom is -0.309 e. The summed E-state index contributed by atoms with van der Waals surface area (Å²) < 4.78 is 4.99. The molecule has 0 aliphatic carbocycles. The van der Waals surface area contributed by atoms with Gasteiger partial charge in [-0.25, -0.2) is 0 Å². The Morgan fingerprint density at radius 1 is 0.275 bits per heavy atom. The fraction of sp³-hybridized carbons (Fsp3) is 0.0204. The molecule has 11 aromatic rings. The fourth-order valence-electron chi connectivity index (χ4n) is 8.54. The number of benzene rings is 9. The maximum atomic E-state index is 2.50. The Hall–Kier alpha value is -6.64. The van der Waals surface area contributed by atoms with Crippen molar-refractivity contribution in [3.63, 3.8) is 0 Å². The number of hydrogen-bond donors (Lipinski definition) is 0. The van der Waals surface area contributed by atoms with E-state index in [0.717, 1.165) is 6.42 Å². The van der Waals surface area contributed by atoms with E-state index in [-0.39, 0.29) is 0 Å². The van der Waals surface area contributed by atoms with Gasteiger partial charge in [-0.15, -0.1) is 0 Å². The fourth-order valence-corrected chi connectivity index (χ4v) is 8.54. The molecule has 0 bridgehead atoms. The molecule has 0 N–H and O–H groups in total. The molecular weight excluding hydrogens is 617 g/mol. The van der Waals surface area contributed by atoms with Gasteiger partial charge in [0.05, 0.1) is 33.4 Å². The predicted octanol–water partition coefficient (Wildman–Crippen LogP) is 12.9. The predicted molar refractivity (Wildman–Crippen MR) is 217 cm³/mol. The largest absolute Gasteiger partial charge is 0.309 e. The molecule has 0 atom stereocenters. The van der Waals surface area contributed by atoms with Crippen LogP contribution in [0.15, 0.2) is 182 Å². The maximum absolute atomic E-state index is 2.50. The third-order valence-corrected chi connectivity index (χ3v) is 10.8. The molecule has 0 saturated carbocycles. The second-order valence-corrected chi connectivity index (χ2v) is 13.8. The quantitative estimate of drug-likeness (QED) is 0.180. The molecule has 2 heteroatoms. The highest BCUT2D eigenvalue weighted by Crippen LogP contribution is 2.42. The monoisotopic (exact) mass is 648 g/mol. The number of nitrogens with zero attached hydrogens (tertiary/aromatic N) is 2. The lowest BCUT2D eigenvalue weighted by atomic mass is 10.0. The van der Waals surface area contributed by atoms with Gasteiger partial charge in [0.15, 0.2) is 0 Å². The summed E-state index contributed by atoms with van der Waals surface area (Å²) in [6, 6.07) is 67.1. The number of hydrogen-bond acceptors (Lipinski definition) is 0. The van der Waals surface area contributed by atoms with Crippen LogP contribution in [0.25, 0.3) is 87.3 Å². The van der Waals surface area contributed by atoms with Crippen molar-refractivity contribution in [3.05, 3.63) is 193 Å². The third-order valence-electron chi connectivity index (χ3n) is 10.8. The van der Waals surface area contributed by atoms with Crippen LogP contribution in [-0.4, -0.2) is 9.13 Å². The van der Waals surface area contributed by atoms with Crippen molar-refractivity contribution < 1.29 is 0 Å². The first-order chi connectivity index (χ1) is 25.3. The summed E-state index contributed by atoms with van der Waals surface area (Å²) >= 11 is 0. The SMILES string of the molecule is c1ccc(Cc2ccc3c(-n4c5ccccc5c5cc6c7cc8ccccc8cc7n(-c7cccc8ccccc78)c6cc54)cccc3c2)cc1. The number of fused-ring (bicyclic) bond motifs is 9. The first kappa shape index (κ1) is 28.2. The van der Waals surface area contributed by atoms with Crippen molar-refractivity contribution in [2.24, 2.45) is 0 Å². The van der Waals surface area contributed by atoms with E-state index in [0.29, 0.717) is 0 Å². The van der Waals surface area contributed by atoms with E-state index < -0.39 is 0 Å². The van der Waals surface area contributed by atoms with E-state index in [1.807, 2.05) is 0 Å². The van der Waals surface area contributed by atoms with Crippen molar-refractivity contribution in [2.45, 2.75) is 6.42 Å². The molecule has 2 heterocycles. The van der Waals surface area contributed by atoms with Gasteiger partial charge >= 0.3 is 0 Å². The second-order valence-electron chi connectivity index (χ2n) is 13.8. The molecule has 9 aromatic carbocycles. The number of para-hydroxylation sites is 1. The number of rotatable bonds is 4. The van der Waals surface area contributed by atoms with E-state index in [2.05, 4.69) is 191 Å². The molecule has 51 heavy (non-hydrogen) atoms. The third kappa shape index (κ3) is 4.30. The minimum atomic E-state index is 0.919. The second kappa shape index (κ2) is 10.9. The molecule has 2 aromatic heterocycles. The van der Waals surface area contributed by atoms with Gasteiger partial charge in [-0.3, -0.25) is 0 Å². The van der Waals surface area contributed by atoms with Crippen molar-refractivity contribution in [3.8, 4) is 11.4 Å². The normalized spacial score (nSPS) is 12.0. The standard InChI is InChI=1S/C49H32N2/c1-2-12-32(13-3-1)26-33-24-25-39-37(27-33)18-11-23-45(39)50-46-21-9-8-20-40(46)42-30-43-41-28-35-15-4-5-16-36(35)29-47(41)51(49(43)31-48(42)50)44-22-10-17-34-14-6-7-19-38(34)44/h1-25,27-31H,26H2. The van der Waals surface area contributed by atoms with Crippen molar-refractivity contribution in [1.29, 1.82) is 0 Å². The molecular formula is C49H32N2. The first-order valence-corrected chi connectivity index (χ1v) is 17.7. The van der Waals surface area contributed by atoms with Gasteiger partial charge in [0.1, 0.15) is 0 Å². The first-order valence-electron chi connectivity index (χ1n) is 17.7. The van der Waals surface area contributed by atoms with Crippen LogP contribution in [0.4, 0.5) is 0 Å². The Balaban J connectivity index is 1.24. The zero-order valence-electron chi connectivity index (χ0n) is 27.9. The molecule has 0 spiro atoms. The lowest BCUT2D eigenvalue weighted by Crippen LogP contribution is -1.98. The Labute approximate surface area is 295 Å². The van der Waals surface area contributed by atoms with Crippen LogP contribution in [0.2, 0.25) is 0 Å². The Bertz CT molecular complexity index is 3150. The molecule has 11 rings (SSSR count). The van der Waals surface area contributed by atoms with Crippen molar-refractivity contribution >= 4 is 75.9 Å². The Kier molecular flexibility index (Phi) is 6.05. The summed E-state index contributed by atoms with van der Waals surface area (Å²) in [6.45, 7) is 0. The van der Waals surface area contributed by atoms with Crippen molar-refractivity contribution in [2.75, 3.05) is 0 Å². The highest BCUT2D eigenvalue weighted by atomic mass is 15.0. The van der Waals surface area contributed by atoms with Crippen molar-refractivity contribution in [1.82, 2.24) is 9.13 Å². The Morgan fingerprint density at radius 2 is 0.824 bits per heavy atom. The molecule has 0 amide bonds. The topological polar surface area (TPSA) is 9.86 Å². The summed E-state index contributed by atoms with van der Waals surface area (Å²) in [7, 11) is 0.